The smallest absolute Gasteiger partial charge is 0.212 e. The van der Waals surface area contributed by atoms with E-state index in [1.165, 1.54) is 60.0 Å². The first kappa shape index (κ1) is 31.4. The van der Waals surface area contributed by atoms with Crippen LogP contribution in [0, 0.1) is 0 Å². The molecule has 1 aliphatic heterocycles. The molecule has 0 unspecified atom stereocenters. The molecule has 3 aromatic rings. The molecule has 0 spiro atoms. The second-order valence-corrected chi connectivity index (χ2v) is 11.8. The SMILES string of the molecule is CCCCCCN1/C(=C/C2=C(NC)C(=C\c3ccc4ccccc4[n+]3CCCCCC)/C2=O)Sc2ccccc21.[I-]. The third kappa shape index (κ3) is 6.91. The Bertz CT molecular complexity index is 1480. The number of likely N-dealkylation sites (N-methyl/N-ethyl adjacent to an activating group) is 1. The van der Waals surface area contributed by atoms with Crippen molar-refractivity contribution in [2.24, 2.45) is 0 Å². The molecule has 0 radical (unpaired) electrons. The van der Waals surface area contributed by atoms with Crippen LogP contribution in [0.5, 0.6) is 0 Å². The highest BCUT2D eigenvalue weighted by molar-refractivity contribution is 8.03. The number of aryl methyl sites for hydroxylation is 1. The molecule has 2 heterocycles. The van der Waals surface area contributed by atoms with Crippen LogP contribution in [0.4, 0.5) is 5.69 Å². The Morgan fingerprint density at radius 2 is 1.59 bits per heavy atom. The number of pyridine rings is 1. The summed E-state index contributed by atoms with van der Waals surface area (Å²) in [7, 11) is 1.92. The maximum Gasteiger partial charge on any atom is 0.212 e. The van der Waals surface area contributed by atoms with Gasteiger partial charge in [-0.05, 0) is 43.2 Å². The second kappa shape index (κ2) is 15.1. The number of hydrogen-bond donors (Lipinski definition) is 1. The Balaban J connectivity index is 0.00000387. The van der Waals surface area contributed by atoms with Crippen molar-refractivity contribution >= 4 is 40.2 Å². The number of carbonyl (C=O) groups excluding carboxylic acids is 1. The summed E-state index contributed by atoms with van der Waals surface area (Å²) in [5.74, 6) is 0.116. The van der Waals surface area contributed by atoms with Crippen molar-refractivity contribution in [1.29, 1.82) is 0 Å². The van der Waals surface area contributed by atoms with Crippen LogP contribution in [0.1, 0.15) is 70.9 Å². The van der Waals surface area contributed by atoms with Gasteiger partial charge in [-0.3, -0.25) is 4.79 Å². The van der Waals surface area contributed by atoms with Gasteiger partial charge in [0.05, 0.1) is 22.0 Å². The minimum Gasteiger partial charge on any atom is -1.00 e. The molecule has 6 heteroatoms. The largest absolute Gasteiger partial charge is 1.00 e. The topological polar surface area (TPSA) is 36.2 Å². The minimum atomic E-state index is 0. The number of nitrogens with one attached hydrogen (secondary N) is 1. The molecule has 0 amide bonds. The molecule has 5 rings (SSSR count). The average Bonchev–Trinajstić information content (AvgIpc) is 3.34. The molecular formula is C35H42IN3OS. The van der Waals surface area contributed by atoms with Gasteiger partial charge in [-0.1, -0.05) is 82.0 Å². The first-order valence-corrected chi connectivity index (χ1v) is 15.8. The summed E-state index contributed by atoms with van der Waals surface area (Å²) in [5.41, 5.74) is 6.03. The minimum absolute atomic E-state index is 0. The Labute approximate surface area is 267 Å². The highest BCUT2D eigenvalue weighted by atomic mass is 127. The summed E-state index contributed by atoms with van der Waals surface area (Å²) in [6.07, 6.45) is 13.9. The number of thioether (sulfide) groups is 1. The third-order valence-electron chi connectivity index (χ3n) is 7.92. The van der Waals surface area contributed by atoms with Crippen LogP contribution in [0.2, 0.25) is 0 Å². The fourth-order valence-electron chi connectivity index (χ4n) is 5.71. The van der Waals surface area contributed by atoms with Crippen molar-refractivity contribution < 1.29 is 33.3 Å². The molecule has 216 valence electrons. The Kier molecular flexibility index (Phi) is 11.5. The lowest BCUT2D eigenvalue weighted by atomic mass is 9.85. The van der Waals surface area contributed by atoms with Gasteiger partial charge >= 0.3 is 0 Å². The second-order valence-electron chi connectivity index (χ2n) is 10.7. The average molecular weight is 680 g/mol. The van der Waals surface area contributed by atoms with Gasteiger partial charge in [0.2, 0.25) is 11.2 Å². The van der Waals surface area contributed by atoms with Gasteiger partial charge in [-0.2, -0.15) is 4.57 Å². The number of anilines is 1. The van der Waals surface area contributed by atoms with Crippen LogP contribution in [0.25, 0.3) is 17.0 Å². The van der Waals surface area contributed by atoms with E-state index in [1.807, 2.05) is 7.05 Å². The number of Topliss-reactive ketones (excluding diaryl/α,β-unsaturated/α-hetero) is 1. The van der Waals surface area contributed by atoms with Crippen LogP contribution < -0.4 is 38.8 Å². The van der Waals surface area contributed by atoms with E-state index in [0.717, 1.165) is 53.5 Å². The number of aromatic nitrogens is 1. The fourth-order valence-corrected chi connectivity index (χ4v) is 6.84. The number of carbonyl (C=O) groups is 1. The number of halogens is 1. The van der Waals surface area contributed by atoms with E-state index in [4.69, 9.17) is 0 Å². The number of ketones is 1. The zero-order valence-electron chi connectivity index (χ0n) is 24.6. The van der Waals surface area contributed by atoms with Gasteiger partial charge in [-0.25, -0.2) is 0 Å². The summed E-state index contributed by atoms with van der Waals surface area (Å²) in [4.78, 5) is 17.3. The molecule has 0 saturated heterocycles. The number of fused-ring (bicyclic) bond motifs is 2. The van der Waals surface area contributed by atoms with E-state index in [1.54, 1.807) is 11.8 Å². The summed E-state index contributed by atoms with van der Waals surface area (Å²) < 4.78 is 2.39. The maximum absolute atomic E-state index is 13.6. The number of rotatable bonds is 13. The quantitative estimate of drug-likeness (QED) is 0.117. The molecule has 0 atom stereocenters. The van der Waals surface area contributed by atoms with Crippen molar-refractivity contribution in [3.05, 3.63) is 94.3 Å². The van der Waals surface area contributed by atoms with Crippen LogP contribution >= 0.6 is 11.8 Å². The molecular weight excluding hydrogens is 637 g/mol. The van der Waals surface area contributed by atoms with Crippen molar-refractivity contribution in [3.8, 4) is 0 Å². The van der Waals surface area contributed by atoms with Crippen LogP contribution in [-0.2, 0) is 11.3 Å². The molecule has 0 saturated carbocycles. The molecule has 2 aromatic carbocycles. The third-order valence-corrected chi connectivity index (χ3v) is 9.03. The lowest BCUT2D eigenvalue weighted by molar-refractivity contribution is -0.673. The number of unbranched alkanes of at least 4 members (excludes halogenated alkanes) is 6. The summed E-state index contributed by atoms with van der Waals surface area (Å²) in [6, 6.07) is 21.5. The van der Waals surface area contributed by atoms with E-state index in [9.17, 15) is 4.79 Å². The van der Waals surface area contributed by atoms with E-state index in [0.29, 0.717) is 0 Å². The first-order valence-electron chi connectivity index (χ1n) is 15.0. The molecule has 2 aliphatic rings. The molecule has 1 aromatic heterocycles. The van der Waals surface area contributed by atoms with Crippen LogP contribution in [0.15, 0.2) is 93.5 Å². The van der Waals surface area contributed by atoms with Gasteiger partial charge in [0.1, 0.15) is 6.54 Å². The number of hydrogen-bond acceptors (Lipinski definition) is 4. The number of nitrogens with zero attached hydrogens (tertiary/aromatic N) is 2. The van der Waals surface area contributed by atoms with Gasteiger partial charge in [0.15, 0.2) is 5.78 Å². The summed E-state index contributed by atoms with van der Waals surface area (Å²) >= 11 is 1.77. The van der Waals surface area contributed by atoms with Crippen LogP contribution in [-0.4, -0.2) is 19.4 Å². The van der Waals surface area contributed by atoms with Gasteiger partial charge in [-0.15, -0.1) is 0 Å². The Morgan fingerprint density at radius 3 is 2.37 bits per heavy atom. The van der Waals surface area contributed by atoms with Crippen molar-refractivity contribution in [2.75, 3.05) is 18.5 Å². The first-order chi connectivity index (χ1) is 19.7. The van der Waals surface area contributed by atoms with Gasteiger partial charge in [0.25, 0.3) is 0 Å². The van der Waals surface area contributed by atoms with Crippen molar-refractivity contribution in [1.82, 2.24) is 5.32 Å². The monoisotopic (exact) mass is 679 g/mol. The standard InChI is InChI=1S/C35H41N3OS.HI/c1-4-6-8-14-22-37-27(21-20-26-16-10-11-17-30(26)37)24-28-34(36-3)29(35(28)39)25-33-38(23-15-9-7-5-2)31-18-12-13-19-32(31)40-33;/h10-13,16-21,24-25H,4-9,14-15,22-23H2,1-3H3;1H. The Morgan fingerprint density at radius 1 is 0.854 bits per heavy atom. The molecule has 4 nitrogen and oxygen atoms in total. The molecule has 1 N–H and O–H groups in total. The lowest BCUT2D eigenvalue weighted by Crippen LogP contribution is -3.00. The van der Waals surface area contributed by atoms with Gasteiger partial charge < -0.3 is 34.2 Å². The predicted octanol–water partition coefficient (Wildman–Crippen LogP) is 5.19. The number of allylic oxidation sites excluding steroid dienone is 3. The fraction of sp³-hybridized carbons (Fsp3) is 0.371. The molecule has 1 aliphatic carbocycles. The molecule has 0 bridgehead atoms. The molecule has 0 fully saturated rings. The van der Waals surface area contributed by atoms with Crippen molar-refractivity contribution in [2.45, 2.75) is 76.7 Å². The normalized spacial score (nSPS) is 16.4. The summed E-state index contributed by atoms with van der Waals surface area (Å²) in [6.45, 7) is 6.42. The van der Waals surface area contributed by atoms with E-state index < -0.39 is 0 Å². The van der Waals surface area contributed by atoms with E-state index >= 15 is 0 Å². The predicted molar refractivity (Wildman–Crippen MR) is 169 cm³/mol. The Hall–Kier alpha value is -2.58. The highest BCUT2D eigenvalue weighted by Gasteiger charge is 2.35. The zero-order valence-corrected chi connectivity index (χ0v) is 27.6. The molecule has 41 heavy (non-hydrogen) atoms. The number of para-hydroxylation sites is 2. The van der Waals surface area contributed by atoms with Gasteiger partial charge in [0, 0.05) is 54.1 Å². The summed E-state index contributed by atoms with van der Waals surface area (Å²) in [5, 5.41) is 5.72. The van der Waals surface area contributed by atoms with Crippen molar-refractivity contribution in [3.63, 3.8) is 0 Å². The van der Waals surface area contributed by atoms with E-state index in [2.05, 4.69) is 101 Å². The zero-order chi connectivity index (χ0) is 27.9. The number of benzene rings is 2. The van der Waals surface area contributed by atoms with E-state index in [-0.39, 0.29) is 29.8 Å². The maximum atomic E-state index is 13.6. The lowest BCUT2D eigenvalue weighted by Gasteiger charge is -2.26. The highest BCUT2D eigenvalue weighted by Crippen LogP contribution is 2.47. The van der Waals surface area contributed by atoms with Crippen LogP contribution in [0.3, 0.4) is 0 Å².